The van der Waals surface area contributed by atoms with Crippen molar-refractivity contribution in [2.24, 2.45) is 11.8 Å². The Bertz CT molecular complexity index is 783. The number of rotatable bonds is 12. The number of allylic oxidation sites excluding steroid dienone is 2. The number of hydrogen-bond acceptors (Lipinski definition) is 4. The number of unbranched alkanes of at least 4 members (excludes halogenated alkanes) is 1. The Kier molecular flexibility index (Phi) is 9.03. The maximum atomic E-state index is 12.4. The normalized spacial score (nSPS) is 24.4. The molecule has 2 bridgehead atoms. The molecule has 0 aliphatic carbocycles. The fraction of sp³-hybridized carbons (Fsp3) is 0.542. The SMILES string of the molecule is O=C(O)CCCC=CC[C@@H]1[C@H](CNC(=O)CCC(=S)Nc2ccccc2)[C@@H]2CC[C@H]1O2. The first-order chi connectivity index (χ1) is 15.0. The lowest BCUT2D eigenvalue weighted by Gasteiger charge is -2.27. The summed E-state index contributed by atoms with van der Waals surface area (Å²) in [4.78, 5) is 23.6. The van der Waals surface area contributed by atoms with Crippen LogP contribution in [0.4, 0.5) is 5.69 Å². The average molecular weight is 445 g/mol. The zero-order chi connectivity index (χ0) is 22.1. The van der Waals surface area contributed by atoms with Crippen LogP contribution in [0, 0.1) is 11.8 Å². The van der Waals surface area contributed by atoms with Gasteiger partial charge in [0, 0.05) is 37.4 Å². The smallest absolute Gasteiger partial charge is 0.303 e. The second kappa shape index (κ2) is 12.0. The second-order valence-corrected chi connectivity index (χ2v) is 8.82. The van der Waals surface area contributed by atoms with Gasteiger partial charge in [-0.25, -0.2) is 0 Å². The van der Waals surface area contributed by atoms with Crippen molar-refractivity contribution in [3.8, 4) is 0 Å². The number of carboxylic acid groups (broad SMARTS) is 1. The highest BCUT2D eigenvalue weighted by atomic mass is 32.1. The predicted molar refractivity (Wildman–Crippen MR) is 125 cm³/mol. The molecule has 2 saturated heterocycles. The first kappa shape index (κ1) is 23.4. The van der Waals surface area contributed by atoms with E-state index in [0.29, 0.717) is 42.6 Å². The van der Waals surface area contributed by atoms with Crippen molar-refractivity contribution in [3.63, 3.8) is 0 Å². The summed E-state index contributed by atoms with van der Waals surface area (Å²) in [6.07, 6.45) is 10.4. The molecular formula is C24H32N2O4S. The summed E-state index contributed by atoms with van der Waals surface area (Å²) in [7, 11) is 0. The monoisotopic (exact) mass is 444 g/mol. The summed E-state index contributed by atoms with van der Waals surface area (Å²) in [5.74, 6) is 0.0154. The van der Waals surface area contributed by atoms with Gasteiger partial charge >= 0.3 is 5.97 Å². The van der Waals surface area contributed by atoms with Gasteiger partial charge in [0.25, 0.3) is 0 Å². The van der Waals surface area contributed by atoms with E-state index < -0.39 is 5.97 Å². The molecule has 0 aromatic heterocycles. The number of carboxylic acids is 1. The number of benzene rings is 1. The van der Waals surface area contributed by atoms with Gasteiger partial charge in [0.1, 0.15) is 0 Å². The van der Waals surface area contributed by atoms with E-state index >= 15 is 0 Å². The Morgan fingerprint density at radius 2 is 1.81 bits per heavy atom. The lowest BCUT2D eigenvalue weighted by atomic mass is 9.77. The van der Waals surface area contributed by atoms with Crippen molar-refractivity contribution in [2.45, 2.75) is 63.6 Å². The number of thiocarbonyl (C=S) groups is 1. The highest BCUT2D eigenvalue weighted by Gasteiger charge is 2.47. The maximum absolute atomic E-state index is 12.4. The predicted octanol–water partition coefficient (Wildman–Crippen LogP) is 4.32. The first-order valence-electron chi connectivity index (χ1n) is 11.2. The summed E-state index contributed by atoms with van der Waals surface area (Å²) in [6.45, 7) is 0.635. The molecule has 2 heterocycles. The fourth-order valence-corrected chi connectivity index (χ4v) is 4.73. The third-order valence-electron chi connectivity index (χ3n) is 6.10. The highest BCUT2D eigenvalue weighted by Crippen LogP contribution is 2.44. The molecule has 3 N–H and O–H groups in total. The lowest BCUT2D eigenvalue weighted by Crippen LogP contribution is -2.38. The molecule has 2 aliphatic rings. The van der Waals surface area contributed by atoms with E-state index in [-0.39, 0.29) is 24.5 Å². The molecule has 1 amide bonds. The fourth-order valence-electron chi connectivity index (χ4n) is 4.51. The molecular weight excluding hydrogens is 412 g/mol. The van der Waals surface area contributed by atoms with E-state index in [2.05, 4.69) is 22.8 Å². The highest BCUT2D eigenvalue weighted by molar-refractivity contribution is 7.80. The molecule has 0 radical (unpaired) electrons. The minimum Gasteiger partial charge on any atom is -0.481 e. The van der Waals surface area contributed by atoms with Gasteiger partial charge in [0.15, 0.2) is 0 Å². The Morgan fingerprint density at radius 3 is 2.55 bits per heavy atom. The molecule has 4 atom stereocenters. The van der Waals surface area contributed by atoms with Crippen LogP contribution in [-0.2, 0) is 14.3 Å². The number of carbonyl (C=O) groups excluding carboxylic acids is 1. The van der Waals surface area contributed by atoms with E-state index in [1.54, 1.807) is 0 Å². The Balaban J connectivity index is 1.37. The van der Waals surface area contributed by atoms with Crippen LogP contribution >= 0.6 is 12.2 Å². The third-order valence-corrected chi connectivity index (χ3v) is 6.40. The summed E-state index contributed by atoms with van der Waals surface area (Å²) in [6, 6.07) is 9.72. The second-order valence-electron chi connectivity index (χ2n) is 8.33. The van der Waals surface area contributed by atoms with Gasteiger partial charge in [-0.15, -0.1) is 0 Å². The van der Waals surface area contributed by atoms with Gasteiger partial charge < -0.3 is 20.5 Å². The summed E-state index contributed by atoms with van der Waals surface area (Å²) in [5, 5.41) is 14.9. The molecule has 1 aromatic carbocycles. The number of hydrogen-bond donors (Lipinski definition) is 3. The molecule has 6 nitrogen and oxygen atoms in total. The van der Waals surface area contributed by atoms with Crippen LogP contribution in [0.15, 0.2) is 42.5 Å². The minimum absolute atomic E-state index is 0.0166. The van der Waals surface area contributed by atoms with E-state index in [1.807, 2.05) is 30.3 Å². The molecule has 3 rings (SSSR count). The van der Waals surface area contributed by atoms with Crippen LogP contribution in [-0.4, -0.2) is 40.7 Å². The van der Waals surface area contributed by atoms with Gasteiger partial charge in [0.2, 0.25) is 5.91 Å². The average Bonchev–Trinajstić information content (AvgIpc) is 3.35. The summed E-state index contributed by atoms with van der Waals surface area (Å²) < 4.78 is 6.11. The molecule has 168 valence electrons. The molecule has 0 spiro atoms. The Labute approximate surface area is 189 Å². The number of fused-ring (bicyclic) bond motifs is 2. The van der Waals surface area contributed by atoms with Crippen molar-refractivity contribution in [1.29, 1.82) is 0 Å². The molecule has 7 heteroatoms. The van der Waals surface area contributed by atoms with Crippen LogP contribution < -0.4 is 10.6 Å². The van der Waals surface area contributed by atoms with Crippen molar-refractivity contribution in [3.05, 3.63) is 42.5 Å². The Hall–Kier alpha value is -2.25. The lowest BCUT2D eigenvalue weighted by molar-refractivity contribution is -0.137. The first-order valence-corrected chi connectivity index (χ1v) is 11.6. The van der Waals surface area contributed by atoms with Gasteiger partial charge in [-0.05, 0) is 50.2 Å². The van der Waals surface area contributed by atoms with Crippen molar-refractivity contribution >= 4 is 34.8 Å². The minimum atomic E-state index is -0.748. The van der Waals surface area contributed by atoms with Gasteiger partial charge in [-0.1, -0.05) is 42.6 Å². The number of para-hydroxylation sites is 1. The van der Waals surface area contributed by atoms with Crippen LogP contribution in [0.25, 0.3) is 0 Å². The largest absolute Gasteiger partial charge is 0.481 e. The van der Waals surface area contributed by atoms with Crippen LogP contribution in [0.2, 0.25) is 0 Å². The number of anilines is 1. The summed E-state index contributed by atoms with van der Waals surface area (Å²) in [5.41, 5.74) is 0.936. The van der Waals surface area contributed by atoms with E-state index in [9.17, 15) is 9.59 Å². The quantitative estimate of drug-likeness (QED) is 0.253. The van der Waals surface area contributed by atoms with E-state index in [1.165, 1.54) is 0 Å². The molecule has 2 aliphatic heterocycles. The van der Waals surface area contributed by atoms with Crippen molar-refractivity contribution in [1.82, 2.24) is 5.32 Å². The zero-order valence-corrected chi connectivity index (χ0v) is 18.6. The third kappa shape index (κ3) is 7.43. The van der Waals surface area contributed by atoms with Crippen molar-refractivity contribution < 1.29 is 19.4 Å². The van der Waals surface area contributed by atoms with Crippen LogP contribution in [0.5, 0.6) is 0 Å². The van der Waals surface area contributed by atoms with Crippen LogP contribution in [0.1, 0.15) is 51.4 Å². The molecule has 1 aromatic rings. The van der Waals surface area contributed by atoms with E-state index in [4.69, 9.17) is 22.1 Å². The van der Waals surface area contributed by atoms with Gasteiger partial charge in [-0.3, -0.25) is 9.59 Å². The van der Waals surface area contributed by atoms with Gasteiger partial charge in [0.05, 0.1) is 17.2 Å². The molecule has 31 heavy (non-hydrogen) atoms. The van der Waals surface area contributed by atoms with E-state index in [0.717, 1.165) is 31.4 Å². The number of ether oxygens (including phenoxy) is 1. The molecule has 2 fully saturated rings. The molecule has 0 unspecified atom stereocenters. The maximum Gasteiger partial charge on any atom is 0.303 e. The molecule has 0 saturated carbocycles. The number of amides is 1. The topological polar surface area (TPSA) is 87.7 Å². The number of carbonyl (C=O) groups is 2. The van der Waals surface area contributed by atoms with Crippen molar-refractivity contribution in [2.75, 3.05) is 11.9 Å². The standard InChI is InChI=1S/C24H32N2O4S/c27-22(14-15-23(31)26-17-8-4-3-5-9-17)25-16-19-18(20-12-13-21(19)30-20)10-6-1-2-7-11-24(28)29/h1,3-6,8-9,18-21H,2,7,10-16H2,(H,25,27)(H,26,31)(H,28,29)/t18-,19+,20-,21+/m1/s1. The zero-order valence-electron chi connectivity index (χ0n) is 17.8. The number of aliphatic carboxylic acids is 1. The number of nitrogens with one attached hydrogen (secondary N) is 2. The summed E-state index contributed by atoms with van der Waals surface area (Å²) >= 11 is 5.35. The Morgan fingerprint density at radius 1 is 1.06 bits per heavy atom. The van der Waals surface area contributed by atoms with Gasteiger partial charge in [-0.2, -0.15) is 0 Å². The van der Waals surface area contributed by atoms with Crippen LogP contribution in [0.3, 0.4) is 0 Å².